The van der Waals surface area contributed by atoms with Crippen LogP contribution in [-0.4, -0.2) is 29.6 Å². The Bertz CT molecular complexity index is 297. The zero-order valence-electron chi connectivity index (χ0n) is 7.82. The smallest absolute Gasteiger partial charge is 0.407 e. The molecule has 14 heavy (non-hydrogen) atoms. The molecule has 0 radical (unpaired) electrons. The monoisotopic (exact) mass is 200 g/mol. The van der Waals surface area contributed by atoms with Crippen LogP contribution in [0.4, 0.5) is 4.79 Å². The Hall–Kier alpha value is -1.56. The average Bonchev–Trinajstić information content (AvgIpc) is 2.58. The summed E-state index contributed by atoms with van der Waals surface area (Å²) in [7, 11) is 0. The lowest BCUT2D eigenvalue weighted by molar-refractivity contribution is 0.118. The molecule has 0 saturated carbocycles. The molecule has 0 bridgehead atoms. The van der Waals surface area contributed by atoms with Gasteiger partial charge in [0.15, 0.2) is 0 Å². The molecule has 6 nitrogen and oxygen atoms in total. The van der Waals surface area contributed by atoms with Gasteiger partial charge in [-0.2, -0.15) is 0 Å². The molecule has 0 saturated heterocycles. The highest BCUT2D eigenvalue weighted by atomic mass is 16.6. The van der Waals surface area contributed by atoms with Crippen LogP contribution in [0.3, 0.4) is 0 Å². The summed E-state index contributed by atoms with van der Waals surface area (Å²) in [5, 5.41) is 14.5. The fraction of sp³-hybridized carbons (Fsp3) is 0.500. The number of rotatable bonds is 4. The van der Waals surface area contributed by atoms with Crippen molar-refractivity contribution in [3.8, 4) is 0 Å². The van der Waals surface area contributed by atoms with Gasteiger partial charge < -0.3 is 19.7 Å². The Morgan fingerprint density at radius 2 is 2.57 bits per heavy atom. The van der Waals surface area contributed by atoms with Crippen LogP contribution in [0.25, 0.3) is 0 Å². The molecule has 1 heterocycles. The predicted molar refractivity (Wildman–Crippen MR) is 46.5 cm³/mol. The number of aryl methyl sites for hydroxylation is 1. The van der Waals surface area contributed by atoms with E-state index in [4.69, 9.17) is 9.63 Å². The first-order valence-corrected chi connectivity index (χ1v) is 4.16. The molecule has 0 unspecified atom stereocenters. The van der Waals surface area contributed by atoms with Crippen LogP contribution in [0, 0.1) is 6.92 Å². The van der Waals surface area contributed by atoms with Gasteiger partial charge in [-0.1, -0.05) is 5.16 Å². The molecule has 0 aliphatic heterocycles. The van der Waals surface area contributed by atoms with Gasteiger partial charge >= 0.3 is 6.09 Å². The lowest BCUT2D eigenvalue weighted by Crippen LogP contribution is -2.24. The molecule has 1 amide bonds. The molecule has 1 aromatic rings. The normalized spacial score (nSPS) is 9.86. The Morgan fingerprint density at radius 1 is 1.79 bits per heavy atom. The molecule has 6 heteroatoms. The van der Waals surface area contributed by atoms with Gasteiger partial charge in [-0.05, 0) is 6.92 Å². The van der Waals surface area contributed by atoms with Crippen molar-refractivity contribution in [2.24, 2.45) is 0 Å². The number of hydrogen-bond donors (Lipinski definition) is 2. The third-order valence-corrected chi connectivity index (χ3v) is 1.42. The molecule has 78 valence electrons. The SMILES string of the molecule is Cc1cc(CNC(=O)OCCO)no1. The third-order valence-electron chi connectivity index (χ3n) is 1.42. The van der Waals surface area contributed by atoms with E-state index in [-0.39, 0.29) is 19.8 Å². The lowest BCUT2D eigenvalue weighted by Gasteiger charge is -2.02. The summed E-state index contributed by atoms with van der Waals surface area (Å²) in [6, 6.07) is 1.71. The van der Waals surface area contributed by atoms with E-state index in [0.29, 0.717) is 11.5 Å². The number of carbonyl (C=O) groups excluding carboxylic acids is 1. The maximum Gasteiger partial charge on any atom is 0.407 e. The highest BCUT2D eigenvalue weighted by Gasteiger charge is 2.04. The van der Waals surface area contributed by atoms with E-state index in [1.54, 1.807) is 13.0 Å². The number of ether oxygens (including phenoxy) is 1. The molecular weight excluding hydrogens is 188 g/mol. The molecule has 2 N–H and O–H groups in total. The van der Waals surface area contributed by atoms with Gasteiger partial charge in [-0.25, -0.2) is 4.79 Å². The van der Waals surface area contributed by atoms with Crippen LogP contribution < -0.4 is 5.32 Å². The number of nitrogens with zero attached hydrogens (tertiary/aromatic N) is 1. The molecule has 0 atom stereocenters. The van der Waals surface area contributed by atoms with Gasteiger partial charge in [0.25, 0.3) is 0 Å². The van der Waals surface area contributed by atoms with Crippen molar-refractivity contribution in [3.63, 3.8) is 0 Å². The first kappa shape index (κ1) is 10.5. The van der Waals surface area contributed by atoms with Crippen molar-refractivity contribution in [1.82, 2.24) is 10.5 Å². The Kier molecular flexibility index (Phi) is 3.93. The Morgan fingerprint density at radius 3 is 3.14 bits per heavy atom. The predicted octanol–water partition coefficient (Wildman–Crippen LogP) is 0.202. The summed E-state index contributed by atoms with van der Waals surface area (Å²) in [4.78, 5) is 10.9. The van der Waals surface area contributed by atoms with Crippen molar-refractivity contribution in [2.45, 2.75) is 13.5 Å². The van der Waals surface area contributed by atoms with Gasteiger partial charge in [0.1, 0.15) is 18.1 Å². The molecular formula is C8H12N2O4. The largest absolute Gasteiger partial charge is 0.447 e. The second-order valence-corrected chi connectivity index (χ2v) is 2.64. The molecule has 1 aromatic heterocycles. The maximum atomic E-state index is 10.9. The Balaban J connectivity index is 2.23. The number of hydrogen-bond acceptors (Lipinski definition) is 5. The standard InChI is InChI=1S/C8H12N2O4/c1-6-4-7(10-14-6)5-9-8(12)13-3-2-11/h4,11H,2-3,5H2,1H3,(H,9,12). The molecule has 0 fully saturated rings. The van der Waals surface area contributed by atoms with E-state index in [9.17, 15) is 4.79 Å². The number of aliphatic hydroxyl groups excluding tert-OH is 1. The average molecular weight is 200 g/mol. The Labute approximate surface area is 80.8 Å². The van der Waals surface area contributed by atoms with Gasteiger partial charge in [0.2, 0.25) is 0 Å². The van der Waals surface area contributed by atoms with E-state index < -0.39 is 6.09 Å². The highest BCUT2D eigenvalue weighted by molar-refractivity contribution is 5.67. The zero-order valence-corrected chi connectivity index (χ0v) is 7.82. The van der Waals surface area contributed by atoms with Crippen molar-refractivity contribution in [3.05, 3.63) is 17.5 Å². The summed E-state index contributed by atoms with van der Waals surface area (Å²) in [6.07, 6.45) is -0.584. The molecule has 0 aliphatic carbocycles. The number of nitrogens with one attached hydrogen (secondary N) is 1. The summed E-state index contributed by atoms with van der Waals surface area (Å²) < 4.78 is 9.36. The van der Waals surface area contributed by atoms with E-state index in [1.807, 2.05) is 0 Å². The second-order valence-electron chi connectivity index (χ2n) is 2.64. The van der Waals surface area contributed by atoms with E-state index in [0.717, 1.165) is 0 Å². The van der Waals surface area contributed by atoms with Crippen LogP contribution in [0.5, 0.6) is 0 Å². The van der Waals surface area contributed by atoms with Gasteiger partial charge in [-0.3, -0.25) is 0 Å². The minimum Gasteiger partial charge on any atom is -0.447 e. The topological polar surface area (TPSA) is 84.6 Å². The van der Waals surface area contributed by atoms with Crippen LogP contribution in [0.1, 0.15) is 11.5 Å². The highest BCUT2D eigenvalue weighted by Crippen LogP contribution is 2.00. The number of carbonyl (C=O) groups is 1. The van der Waals surface area contributed by atoms with E-state index in [2.05, 4.69) is 15.2 Å². The number of alkyl carbamates (subject to hydrolysis) is 1. The summed E-state index contributed by atoms with van der Waals surface area (Å²) in [5.41, 5.74) is 0.628. The van der Waals surface area contributed by atoms with Crippen LogP contribution in [0.15, 0.2) is 10.6 Å². The van der Waals surface area contributed by atoms with Gasteiger partial charge in [-0.15, -0.1) is 0 Å². The first-order valence-electron chi connectivity index (χ1n) is 4.16. The minimum absolute atomic E-state index is 0.0102. The van der Waals surface area contributed by atoms with Crippen LogP contribution in [-0.2, 0) is 11.3 Å². The number of aromatic nitrogens is 1. The lowest BCUT2D eigenvalue weighted by atomic mass is 10.4. The van der Waals surface area contributed by atoms with Crippen LogP contribution >= 0.6 is 0 Å². The fourth-order valence-electron chi connectivity index (χ4n) is 0.853. The molecule has 0 spiro atoms. The zero-order chi connectivity index (χ0) is 10.4. The second kappa shape index (κ2) is 5.23. The third kappa shape index (κ3) is 3.44. The van der Waals surface area contributed by atoms with E-state index in [1.165, 1.54) is 0 Å². The van der Waals surface area contributed by atoms with Crippen molar-refractivity contribution < 1.29 is 19.2 Å². The number of amides is 1. The fourth-order valence-corrected chi connectivity index (χ4v) is 0.853. The molecule has 1 rings (SSSR count). The molecule has 0 aromatic carbocycles. The van der Waals surface area contributed by atoms with Crippen LogP contribution in [0.2, 0.25) is 0 Å². The van der Waals surface area contributed by atoms with E-state index >= 15 is 0 Å². The van der Waals surface area contributed by atoms with Crippen molar-refractivity contribution >= 4 is 6.09 Å². The maximum absolute atomic E-state index is 10.9. The first-order chi connectivity index (χ1) is 6.72. The number of aliphatic hydroxyl groups is 1. The summed E-state index contributed by atoms with van der Waals surface area (Å²) in [5.74, 6) is 0.686. The quantitative estimate of drug-likeness (QED) is 0.725. The van der Waals surface area contributed by atoms with Crippen molar-refractivity contribution in [1.29, 1.82) is 0 Å². The summed E-state index contributed by atoms with van der Waals surface area (Å²) in [6.45, 7) is 1.82. The minimum atomic E-state index is -0.584. The van der Waals surface area contributed by atoms with Gasteiger partial charge in [0, 0.05) is 6.07 Å². The van der Waals surface area contributed by atoms with Gasteiger partial charge in [0.05, 0.1) is 13.2 Å². The summed E-state index contributed by atoms with van der Waals surface area (Å²) >= 11 is 0. The molecule has 0 aliphatic rings. The van der Waals surface area contributed by atoms with Crippen molar-refractivity contribution in [2.75, 3.05) is 13.2 Å².